The molecule has 3 nitrogen and oxygen atoms in total. The van der Waals surface area contributed by atoms with Crippen molar-refractivity contribution in [2.24, 2.45) is 0 Å². The molecule has 0 aliphatic heterocycles. The Kier molecular flexibility index (Phi) is 4.85. The maximum atomic E-state index is 12.5. The summed E-state index contributed by atoms with van der Waals surface area (Å²) in [6, 6.07) is 13.7. The number of carbonyl (C=O) groups is 1. The lowest BCUT2D eigenvalue weighted by molar-refractivity contribution is 0.0982. The summed E-state index contributed by atoms with van der Waals surface area (Å²) in [4.78, 5) is 12.9. The van der Waals surface area contributed by atoms with Crippen LogP contribution in [0.25, 0.3) is 10.1 Å². The van der Waals surface area contributed by atoms with E-state index in [4.69, 9.17) is 23.8 Å². The summed E-state index contributed by atoms with van der Waals surface area (Å²) in [5.41, 5.74) is 3.10. The summed E-state index contributed by atoms with van der Waals surface area (Å²) in [5.74, 6) is -0.303. The van der Waals surface area contributed by atoms with Crippen LogP contribution in [0.15, 0.2) is 42.5 Å². The molecule has 1 amide bonds. The molecule has 2 aromatic carbocycles. The normalized spacial score (nSPS) is 10.6. The summed E-state index contributed by atoms with van der Waals surface area (Å²) in [6.45, 7) is 4.02. The standard InChI is InChI=1S/C18H15ClN2OS2/c1-10-7-11(2)9-12(8-10)20-18(23)21-17(22)16-15(19)13-5-3-4-6-14(13)24-16/h3-9H,1-2H3,(H2,20,21,22,23). The highest BCUT2D eigenvalue weighted by atomic mass is 35.5. The molecule has 2 N–H and O–H groups in total. The van der Waals surface area contributed by atoms with Gasteiger partial charge in [0.05, 0.1) is 5.02 Å². The molecule has 3 aromatic rings. The quantitative estimate of drug-likeness (QED) is 0.598. The SMILES string of the molecule is Cc1cc(C)cc(NC(=S)NC(=O)c2sc3ccccc3c2Cl)c1. The second-order valence-electron chi connectivity index (χ2n) is 5.53. The fraction of sp³-hybridized carbons (Fsp3) is 0.111. The Bertz CT molecular complexity index is 929. The summed E-state index contributed by atoms with van der Waals surface area (Å²) in [7, 11) is 0. The summed E-state index contributed by atoms with van der Waals surface area (Å²) >= 11 is 12.9. The highest BCUT2D eigenvalue weighted by molar-refractivity contribution is 7.80. The van der Waals surface area contributed by atoms with Crippen molar-refractivity contribution in [1.82, 2.24) is 5.32 Å². The van der Waals surface area contributed by atoms with Crippen LogP contribution >= 0.6 is 35.2 Å². The number of amides is 1. The van der Waals surface area contributed by atoms with Crippen molar-refractivity contribution < 1.29 is 4.79 Å². The Morgan fingerprint density at radius 1 is 1.12 bits per heavy atom. The van der Waals surface area contributed by atoms with Gasteiger partial charge in [-0.25, -0.2) is 0 Å². The lowest BCUT2D eigenvalue weighted by atomic mass is 10.1. The smallest absolute Gasteiger partial charge is 0.269 e. The third-order valence-corrected chi connectivity index (χ3v) is 5.33. The van der Waals surface area contributed by atoms with Crippen molar-refractivity contribution in [3.8, 4) is 0 Å². The number of nitrogens with one attached hydrogen (secondary N) is 2. The molecule has 3 rings (SSSR count). The van der Waals surface area contributed by atoms with Crippen molar-refractivity contribution >= 4 is 61.9 Å². The van der Waals surface area contributed by atoms with E-state index in [2.05, 4.69) is 16.7 Å². The monoisotopic (exact) mass is 374 g/mol. The van der Waals surface area contributed by atoms with Gasteiger partial charge in [-0.15, -0.1) is 11.3 Å². The third kappa shape index (κ3) is 3.59. The van der Waals surface area contributed by atoms with Crippen molar-refractivity contribution in [2.45, 2.75) is 13.8 Å². The first-order valence-corrected chi connectivity index (χ1v) is 8.92. The zero-order chi connectivity index (χ0) is 17.3. The molecule has 0 atom stereocenters. The number of hydrogen-bond acceptors (Lipinski definition) is 3. The van der Waals surface area contributed by atoms with Crippen molar-refractivity contribution in [1.29, 1.82) is 0 Å². The maximum Gasteiger partial charge on any atom is 0.269 e. The summed E-state index contributed by atoms with van der Waals surface area (Å²) in [6.07, 6.45) is 0. The second kappa shape index (κ2) is 6.89. The second-order valence-corrected chi connectivity index (χ2v) is 7.36. The molecule has 0 aliphatic carbocycles. The van der Waals surface area contributed by atoms with E-state index >= 15 is 0 Å². The fourth-order valence-electron chi connectivity index (χ4n) is 2.53. The number of halogens is 1. The van der Waals surface area contributed by atoms with Gasteiger partial charge in [-0.3, -0.25) is 10.1 Å². The Morgan fingerprint density at radius 3 is 2.46 bits per heavy atom. The van der Waals surface area contributed by atoms with Gasteiger partial charge in [0.2, 0.25) is 0 Å². The largest absolute Gasteiger partial charge is 0.332 e. The Balaban J connectivity index is 1.76. The molecule has 0 radical (unpaired) electrons. The van der Waals surface area contributed by atoms with Crippen LogP contribution in [-0.4, -0.2) is 11.0 Å². The van der Waals surface area contributed by atoms with E-state index in [1.165, 1.54) is 11.3 Å². The molecule has 0 saturated carbocycles. The van der Waals surface area contributed by atoms with E-state index in [-0.39, 0.29) is 11.0 Å². The molecule has 0 spiro atoms. The van der Waals surface area contributed by atoms with Crippen LogP contribution in [0, 0.1) is 13.8 Å². The minimum atomic E-state index is -0.303. The third-order valence-electron chi connectivity index (χ3n) is 3.45. The predicted molar refractivity (Wildman–Crippen MR) is 106 cm³/mol. The molecule has 0 bridgehead atoms. The van der Waals surface area contributed by atoms with E-state index in [0.717, 1.165) is 26.9 Å². The van der Waals surface area contributed by atoms with Crippen LogP contribution in [0.3, 0.4) is 0 Å². The Labute approximate surface area is 154 Å². The topological polar surface area (TPSA) is 41.1 Å². The van der Waals surface area contributed by atoms with E-state index in [9.17, 15) is 4.79 Å². The number of anilines is 1. The van der Waals surface area contributed by atoms with Crippen molar-refractivity contribution in [3.05, 3.63) is 63.5 Å². The number of thiocarbonyl (C=S) groups is 1. The number of benzene rings is 2. The zero-order valence-electron chi connectivity index (χ0n) is 13.1. The van der Waals surface area contributed by atoms with Gasteiger partial charge < -0.3 is 5.32 Å². The minimum Gasteiger partial charge on any atom is -0.332 e. The predicted octanol–water partition coefficient (Wildman–Crippen LogP) is 5.30. The summed E-state index contributed by atoms with van der Waals surface area (Å²) in [5, 5.41) is 7.32. The van der Waals surface area contributed by atoms with Gasteiger partial charge in [0, 0.05) is 15.8 Å². The fourth-order valence-corrected chi connectivity index (χ4v) is 4.15. The van der Waals surface area contributed by atoms with Crippen LogP contribution in [0.1, 0.15) is 20.8 Å². The molecular weight excluding hydrogens is 360 g/mol. The lowest BCUT2D eigenvalue weighted by Crippen LogP contribution is -2.33. The van der Waals surface area contributed by atoms with Gasteiger partial charge >= 0.3 is 0 Å². The van der Waals surface area contributed by atoms with Crippen LogP contribution in [0.5, 0.6) is 0 Å². The van der Waals surface area contributed by atoms with E-state index in [1.54, 1.807) is 0 Å². The van der Waals surface area contributed by atoms with Gasteiger partial charge in [0.25, 0.3) is 5.91 Å². The number of thiophene rings is 1. The molecule has 0 saturated heterocycles. The Hall–Kier alpha value is -1.95. The van der Waals surface area contributed by atoms with Gasteiger partial charge in [-0.2, -0.15) is 0 Å². The molecule has 6 heteroatoms. The van der Waals surface area contributed by atoms with Gasteiger partial charge in [0.1, 0.15) is 4.88 Å². The first-order valence-electron chi connectivity index (χ1n) is 7.31. The number of rotatable bonds is 2. The van der Waals surface area contributed by atoms with Crippen LogP contribution in [0.4, 0.5) is 5.69 Å². The van der Waals surface area contributed by atoms with Gasteiger partial charge in [-0.05, 0) is 55.4 Å². The highest BCUT2D eigenvalue weighted by Crippen LogP contribution is 2.34. The van der Waals surface area contributed by atoms with Crippen molar-refractivity contribution in [3.63, 3.8) is 0 Å². The first-order chi connectivity index (χ1) is 11.4. The number of aryl methyl sites for hydroxylation is 2. The average molecular weight is 375 g/mol. The molecule has 122 valence electrons. The molecule has 0 fully saturated rings. The number of fused-ring (bicyclic) bond motifs is 1. The van der Waals surface area contributed by atoms with E-state index in [1.807, 2.05) is 50.2 Å². The van der Waals surface area contributed by atoms with Crippen LogP contribution in [-0.2, 0) is 0 Å². The minimum absolute atomic E-state index is 0.249. The van der Waals surface area contributed by atoms with Crippen LogP contribution < -0.4 is 10.6 Å². The Morgan fingerprint density at radius 2 is 1.79 bits per heavy atom. The van der Waals surface area contributed by atoms with Crippen LogP contribution in [0.2, 0.25) is 5.02 Å². The van der Waals surface area contributed by atoms with E-state index in [0.29, 0.717) is 9.90 Å². The zero-order valence-corrected chi connectivity index (χ0v) is 15.5. The van der Waals surface area contributed by atoms with Gasteiger partial charge in [0.15, 0.2) is 5.11 Å². The van der Waals surface area contributed by atoms with E-state index < -0.39 is 0 Å². The van der Waals surface area contributed by atoms with Gasteiger partial charge in [-0.1, -0.05) is 35.9 Å². The molecule has 1 heterocycles. The molecule has 0 aliphatic rings. The average Bonchev–Trinajstić information content (AvgIpc) is 2.84. The number of carbonyl (C=O) groups excluding carboxylic acids is 1. The van der Waals surface area contributed by atoms with Crippen molar-refractivity contribution in [2.75, 3.05) is 5.32 Å². The molecule has 0 unspecified atom stereocenters. The lowest BCUT2D eigenvalue weighted by Gasteiger charge is -2.10. The maximum absolute atomic E-state index is 12.5. The summed E-state index contributed by atoms with van der Waals surface area (Å²) < 4.78 is 0.973. The highest BCUT2D eigenvalue weighted by Gasteiger charge is 2.17. The molecular formula is C18H15ClN2OS2. The first kappa shape index (κ1) is 16.9. The molecule has 24 heavy (non-hydrogen) atoms. The number of hydrogen-bond donors (Lipinski definition) is 2. The molecule has 1 aromatic heterocycles.